The zero-order valence-electron chi connectivity index (χ0n) is 13.4. The van der Waals surface area contributed by atoms with Gasteiger partial charge in [-0.3, -0.25) is 4.79 Å². The fourth-order valence-electron chi connectivity index (χ4n) is 2.86. The van der Waals surface area contributed by atoms with E-state index in [2.05, 4.69) is 28.3 Å². The molecule has 1 atom stereocenters. The van der Waals surface area contributed by atoms with E-state index in [4.69, 9.17) is 11.6 Å². The quantitative estimate of drug-likeness (QED) is 0.659. The van der Waals surface area contributed by atoms with Crippen molar-refractivity contribution < 1.29 is 0 Å². The minimum absolute atomic E-state index is 0.0757. The first-order valence-electron chi connectivity index (χ1n) is 8.19. The summed E-state index contributed by atoms with van der Waals surface area (Å²) < 4.78 is 2.14. The van der Waals surface area contributed by atoms with Crippen LogP contribution < -0.4 is 10.1 Å². The van der Waals surface area contributed by atoms with Crippen LogP contribution >= 0.6 is 22.9 Å². The van der Waals surface area contributed by atoms with Gasteiger partial charge in [-0.05, 0) is 49.0 Å². The number of benzene rings is 1. The second-order valence-corrected chi connectivity index (χ2v) is 7.48. The second-order valence-electron chi connectivity index (χ2n) is 6.03. The van der Waals surface area contributed by atoms with Crippen LogP contribution in [0.3, 0.4) is 0 Å². The van der Waals surface area contributed by atoms with Gasteiger partial charge in [-0.15, -0.1) is 5.10 Å². The summed E-state index contributed by atoms with van der Waals surface area (Å²) in [7, 11) is 0. The largest absolute Gasteiger partial charge is 0.290 e. The Bertz CT molecular complexity index is 1060. The van der Waals surface area contributed by atoms with Gasteiger partial charge in [-0.25, -0.2) is 0 Å². The number of aromatic nitrogens is 3. The van der Waals surface area contributed by atoms with Crippen LogP contribution in [-0.2, 0) is 0 Å². The van der Waals surface area contributed by atoms with Gasteiger partial charge in [0.25, 0.3) is 5.56 Å². The molecule has 1 aliphatic rings. The van der Waals surface area contributed by atoms with Gasteiger partial charge in [-0.2, -0.15) is 9.50 Å². The molecule has 3 aromatic rings. The van der Waals surface area contributed by atoms with Crippen molar-refractivity contribution in [3.63, 3.8) is 0 Å². The second kappa shape index (κ2) is 6.94. The van der Waals surface area contributed by atoms with E-state index >= 15 is 0 Å². The van der Waals surface area contributed by atoms with Crippen molar-refractivity contribution in [2.75, 3.05) is 0 Å². The van der Waals surface area contributed by atoms with Crippen LogP contribution in [0.15, 0.2) is 41.2 Å². The molecule has 2 aromatic heterocycles. The standard InChI is InChI=1S/C19H16ClN3OS/c20-15-9-6-13(7-10-15)8-11-17-21-19-23(22-17)18(24)16(25-19)12-14-4-2-1-3-5-14/h1-2,6-12,14H,3-5H2/b11-8+,16-12+. The zero-order chi connectivity index (χ0) is 17.2. The Hall–Kier alpha value is -2.24. The number of thiazole rings is 1. The summed E-state index contributed by atoms with van der Waals surface area (Å²) in [5, 5.41) is 5.02. The average Bonchev–Trinajstić information content (AvgIpc) is 3.15. The summed E-state index contributed by atoms with van der Waals surface area (Å²) in [6.07, 6.45) is 13.3. The summed E-state index contributed by atoms with van der Waals surface area (Å²) in [5.74, 6) is 0.968. The zero-order valence-corrected chi connectivity index (χ0v) is 15.0. The van der Waals surface area contributed by atoms with Crippen molar-refractivity contribution in [1.82, 2.24) is 14.6 Å². The van der Waals surface area contributed by atoms with Crippen LogP contribution in [0, 0.1) is 5.92 Å². The van der Waals surface area contributed by atoms with Gasteiger partial charge >= 0.3 is 0 Å². The summed E-state index contributed by atoms with van der Waals surface area (Å²) >= 11 is 7.29. The number of fused-ring (bicyclic) bond motifs is 1. The molecule has 0 fully saturated rings. The first kappa shape index (κ1) is 16.2. The summed E-state index contributed by atoms with van der Waals surface area (Å²) in [4.78, 5) is 17.6. The lowest BCUT2D eigenvalue weighted by atomic mass is 9.94. The van der Waals surface area contributed by atoms with Gasteiger partial charge in [0.1, 0.15) is 0 Å². The lowest BCUT2D eigenvalue weighted by molar-refractivity contribution is 0.612. The van der Waals surface area contributed by atoms with Gasteiger partial charge in [0.2, 0.25) is 4.96 Å². The Labute approximate surface area is 153 Å². The number of nitrogens with zero attached hydrogens (tertiary/aromatic N) is 3. The SMILES string of the molecule is O=c1/c(=C\C2CC=CCC2)sc2nc(/C=C/c3ccc(Cl)cc3)nn12. The highest BCUT2D eigenvalue weighted by atomic mass is 35.5. The number of rotatable bonds is 3. The van der Waals surface area contributed by atoms with E-state index < -0.39 is 0 Å². The highest BCUT2D eigenvalue weighted by molar-refractivity contribution is 7.15. The molecule has 0 aliphatic heterocycles. The van der Waals surface area contributed by atoms with Crippen LogP contribution in [0.4, 0.5) is 0 Å². The van der Waals surface area contributed by atoms with Gasteiger partial charge < -0.3 is 0 Å². The van der Waals surface area contributed by atoms with Crippen molar-refractivity contribution >= 4 is 46.1 Å². The molecule has 0 amide bonds. The lowest BCUT2D eigenvalue weighted by Crippen LogP contribution is -2.25. The van der Waals surface area contributed by atoms with Crippen LogP contribution in [0.2, 0.25) is 5.02 Å². The molecular weight excluding hydrogens is 354 g/mol. The van der Waals surface area contributed by atoms with E-state index in [0.717, 1.165) is 29.4 Å². The monoisotopic (exact) mass is 369 g/mol. The Morgan fingerprint density at radius 2 is 2.04 bits per heavy atom. The Balaban J connectivity index is 1.61. The molecular formula is C19H16ClN3OS. The number of allylic oxidation sites excluding steroid dienone is 2. The molecule has 2 heterocycles. The highest BCUT2D eigenvalue weighted by Crippen LogP contribution is 2.19. The average molecular weight is 370 g/mol. The highest BCUT2D eigenvalue weighted by Gasteiger charge is 2.12. The molecule has 0 saturated heterocycles. The summed E-state index contributed by atoms with van der Waals surface area (Å²) in [5.41, 5.74) is 0.928. The van der Waals surface area contributed by atoms with Crippen molar-refractivity contribution in [1.29, 1.82) is 0 Å². The van der Waals surface area contributed by atoms with Crippen LogP contribution in [0.5, 0.6) is 0 Å². The summed E-state index contributed by atoms with van der Waals surface area (Å²) in [6, 6.07) is 7.50. The Morgan fingerprint density at radius 1 is 1.20 bits per heavy atom. The molecule has 0 bridgehead atoms. The van der Waals surface area contributed by atoms with E-state index in [9.17, 15) is 4.79 Å². The Kier molecular flexibility index (Phi) is 4.51. The minimum atomic E-state index is -0.0757. The predicted molar refractivity (Wildman–Crippen MR) is 104 cm³/mol. The van der Waals surface area contributed by atoms with Crippen molar-refractivity contribution in [3.8, 4) is 0 Å². The first-order chi connectivity index (χ1) is 12.2. The predicted octanol–water partition coefficient (Wildman–Crippen LogP) is 3.83. The molecule has 0 N–H and O–H groups in total. The van der Waals surface area contributed by atoms with Crippen molar-refractivity contribution in [2.24, 2.45) is 5.92 Å². The normalized spacial score (nSPS) is 18.6. The maximum absolute atomic E-state index is 12.5. The van der Waals surface area contributed by atoms with E-state index in [-0.39, 0.29) is 5.56 Å². The fraction of sp³-hybridized carbons (Fsp3) is 0.211. The van der Waals surface area contributed by atoms with E-state index in [1.165, 1.54) is 15.9 Å². The number of halogens is 1. The molecule has 0 spiro atoms. The van der Waals surface area contributed by atoms with Crippen molar-refractivity contribution in [3.05, 3.63) is 67.7 Å². The third-order valence-electron chi connectivity index (χ3n) is 4.19. The molecule has 1 aliphatic carbocycles. The molecule has 0 radical (unpaired) electrons. The molecule has 1 aromatic carbocycles. The molecule has 0 saturated carbocycles. The maximum atomic E-state index is 12.5. The third-order valence-corrected chi connectivity index (χ3v) is 5.42. The molecule has 1 unspecified atom stereocenters. The number of hydrogen-bond acceptors (Lipinski definition) is 4. The molecule has 126 valence electrons. The molecule has 4 rings (SSSR count). The van der Waals surface area contributed by atoms with E-state index in [0.29, 0.717) is 21.7 Å². The van der Waals surface area contributed by atoms with Crippen LogP contribution in [0.25, 0.3) is 23.2 Å². The third kappa shape index (κ3) is 3.57. The minimum Gasteiger partial charge on any atom is -0.266 e. The number of hydrogen-bond donors (Lipinski definition) is 0. The van der Waals surface area contributed by atoms with E-state index in [1.54, 1.807) is 6.08 Å². The maximum Gasteiger partial charge on any atom is 0.290 e. The van der Waals surface area contributed by atoms with Gasteiger partial charge in [0.15, 0.2) is 5.82 Å². The smallest absolute Gasteiger partial charge is 0.266 e. The molecule has 4 nitrogen and oxygen atoms in total. The van der Waals surface area contributed by atoms with Crippen LogP contribution in [-0.4, -0.2) is 14.6 Å². The van der Waals surface area contributed by atoms with Gasteiger partial charge in [0.05, 0.1) is 4.53 Å². The lowest BCUT2D eigenvalue weighted by Gasteiger charge is -2.11. The topological polar surface area (TPSA) is 47.3 Å². The molecule has 6 heteroatoms. The van der Waals surface area contributed by atoms with Crippen LogP contribution in [0.1, 0.15) is 30.7 Å². The van der Waals surface area contributed by atoms with Gasteiger partial charge in [-0.1, -0.05) is 59.4 Å². The summed E-state index contributed by atoms with van der Waals surface area (Å²) in [6.45, 7) is 0. The van der Waals surface area contributed by atoms with E-state index in [1.807, 2.05) is 30.3 Å². The first-order valence-corrected chi connectivity index (χ1v) is 9.38. The Morgan fingerprint density at radius 3 is 2.76 bits per heavy atom. The molecule has 25 heavy (non-hydrogen) atoms. The fourth-order valence-corrected chi connectivity index (χ4v) is 3.97. The van der Waals surface area contributed by atoms with Crippen molar-refractivity contribution in [2.45, 2.75) is 19.3 Å². The van der Waals surface area contributed by atoms with Gasteiger partial charge in [0, 0.05) is 5.02 Å².